The molecule has 4 heterocycles. The molecule has 0 radical (unpaired) electrons. The maximum Gasteiger partial charge on any atom is 0.419 e. The van der Waals surface area contributed by atoms with Gasteiger partial charge < -0.3 is 0 Å². The molecule has 136 valence electrons. The van der Waals surface area contributed by atoms with Gasteiger partial charge in [0.15, 0.2) is 5.82 Å². The lowest BCUT2D eigenvalue weighted by molar-refractivity contribution is -0.137. The molecular weight excluding hydrogens is 381 g/mol. The van der Waals surface area contributed by atoms with Crippen molar-refractivity contribution in [3.63, 3.8) is 0 Å². The molecule has 0 spiro atoms. The summed E-state index contributed by atoms with van der Waals surface area (Å²) in [5, 5.41) is 4.24. The molecule has 0 N–H and O–H groups in total. The Morgan fingerprint density at radius 3 is 2.52 bits per heavy atom. The molecule has 0 unspecified atom stereocenters. The molecule has 6 nitrogen and oxygen atoms in total. The van der Waals surface area contributed by atoms with Crippen LogP contribution in [0.25, 0.3) is 28.1 Å². The van der Waals surface area contributed by atoms with Gasteiger partial charge in [-0.1, -0.05) is 11.6 Å². The molecule has 0 aliphatic carbocycles. The second-order valence-corrected chi connectivity index (χ2v) is 6.09. The van der Waals surface area contributed by atoms with Crippen LogP contribution < -0.4 is 0 Å². The van der Waals surface area contributed by atoms with Crippen LogP contribution in [0.1, 0.15) is 11.3 Å². The standard InChI is InChI=1S/C17H10ClF3N6/c1-9-5-22-8-13(25-9)12-4-14-10(6-23-12)7-24-27(14)15-3-2-11(16(18)26-15)17(19,20)21/h2-8H,1H3. The first kappa shape index (κ1) is 17.3. The maximum absolute atomic E-state index is 12.9. The number of hydrogen-bond donors (Lipinski definition) is 0. The molecule has 10 heteroatoms. The Morgan fingerprint density at radius 2 is 1.81 bits per heavy atom. The molecule has 0 aromatic carbocycles. The van der Waals surface area contributed by atoms with Crippen molar-refractivity contribution in [3.8, 4) is 17.2 Å². The van der Waals surface area contributed by atoms with Gasteiger partial charge in [0.2, 0.25) is 0 Å². The fourth-order valence-electron chi connectivity index (χ4n) is 2.58. The molecular formula is C17H10ClF3N6. The van der Waals surface area contributed by atoms with Gasteiger partial charge in [0.1, 0.15) is 10.8 Å². The number of halogens is 4. The zero-order chi connectivity index (χ0) is 19.2. The molecule has 4 aromatic heterocycles. The SMILES string of the molecule is Cc1cncc(-c2cc3c(cn2)cnn3-c2ccc(C(F)(F)F)c(Cl)n2)n1. The van der Waals surface area contributed by atoms with Gasteiger partial charge in [0, 0.05) is 17.8 Å². The topological polar surface area (TPSA) is 69.4 Å². The summed E-state index contributed by atoms with van der Waals surface area (Å²) in [5.74, 6) is 0.162. The quantitative estimate of drug-likeness (QED) is 0.478. The Morgan fingerprint density at radius 1 is 1.00 bits per heavy atom. The third kappa shape index (κ3) is 3.21. The van der Waals surface area contributed by atoms with Gasteiger partial charge in [-0.2, -0.15) is 18.3 Å². The van der Waals surface area contributed by atoms with E-state index in [0.29, 0.717) is 22.3 Å². The van der Waals surface area contributed by atoms with Crippen LogP contribution in [0.2, 0.25) is 5.15 Å². The third-order valence-corrected chi connectivity index (χ3v) is 4.11. The highest BCUT2D eigenvalue weighted by atomic mass is 35.5. The summed E-state index contributed by atoms with van der Waals surface area (Å²) in [6, 6.07) is 3.82. The van der Waals surface area contributed by atoms with E-state index >= 15 is 0 Å². The first-order valence-corrected chi connectivity index (χ1v) is 8.07. The highest BCUT2D eigenvalue weighted by Crippen LogP contribution is 2.34. The summed E-state index contributed by atoms with van der Waals surface area (Å²) >= 11 is 5.72. The Hall–Kier alpha value is -3.07. The van der Waals surface area contributed by atoms with Crippen LogP contribution >= 0.6 is 11.6 Å². The Kier molecular flexibility index (Phi) is 4.03. The second kappa shape index (κ2) is 6.27. The van der Waals surface area contributed by atoms with E-state index in [2.05, 4.69) is 25.0 Å². The van der Waals surface area contributed by atoms with Crippen LogP contribution in [0.4, 0.5) is 13.2 Å². The van der Waals surface area contributed by atoms with Crippen LogP contribution in [-0.2, 0) is 6.18 Å². The van der Waals surface area contributed by atoms with E-state index in [1.165, 1.54) is 10.7 Å². The Bertz CT molecular complexity index is 1160. The van der Waals surface area contributed by atoms with Gasteiger partial charge in [-0.05, 0) is 25.1 Å². The van der Waals surface area contributed by atoms with Crippen molar-refractivity contribution in [3.05, 3.63) is 59.4 Å². The highest BCUT2D eigenvalue weighted by Gasteiger charge is 2.34. The number of pyridine rings is 2. The summed E-state index contributed by atoms with van der Waals surface area (Å²) in [4.78, 5) is 16.6. The van der Waals surface area contributed by atoms with Crippen molar-refractivity contribution in [1.82, 2.24) is 29.7 Å². The summed E-state index contributed by atoms with van der Waals surface area (Å²) in [6.45, 7) is 1.81. The molecule has 0 amide bonds. The van der Waals surface area contributed by atoms with Gasteiger partial charge in [-0.15, -0.1) is 0 Å². The van der Waals surface area contributed by atoms with Crippen molar-refractivity contribution in [2.24, 2.45) is 0 Å². The van der Waals surface area contributed by atoms with Crippen LogP contribution in [0.5, 0.6) is 0 Å². The Labute approximate surface area is 155 Å². The van der Waals surface area contributed by atoms with Crippen molar-refractivity contribution < 1.29 is 13.2 Å². The van der Waals surface area contributed by atoms with Gasteiger partial charge in [-0.3, -0.25) is 9.97 Å². The Balaban J connectivity index is 1.83. The zero-order valence-corrected chi connectivity index (χ0v) is 14.5. The molecule has 27 heavy (non-hydrogen) atoms. The second-order valence-electron chi connectivity index (χ2n) is 5.74. The van der Waals surface area contributed by atoms with Crippen molar-refractivity contribution >= 4 is 22.5 Å². The van der Waals surface area contributed by atoms with Crippen LogP contribution in [0.15, 0.2) is 43.0 Å². The highest BCUT2D eigenvalue weighted by molar-refractivity contribution is 6.30. The largest absolute Gasteiger partial charge is 0.419 e. The average Bonchev–Trinajstić information content (AvgIpc) is 3.03. The molecule has 0 fully saturated rings. The lowest BCUT2D eigenvalue weighted by atomic mass is 10.2. The first-order valence-electron chi connectivity index (χ1n) is 7.70. The molecule has 0 aliphatic rings. The summed E-state index contributed by atoms with van der Waals surface area (Å²) in [7, 11) is 0. The van der Waals surface area contributed by atoms with Gasteiger partial charge in [0.05, 0.1) is 34.9 Å². The van der Waals surface area contributed by atoms with Crippen molar-refractivity contribution in [2.45, 2.75) is 13.1 Å². The van der Waals surface area contributed by atoms with E-state index in [-0.39, 0.29) is 5.82 Å². The summed E-state index contributed by atoms with van der Waals surface area (Å²) in [5.41, 5.74) is 1.47. The van der Waals surface area contributed by atoms with Crippen molar-refractivity contribution in [2.75, 3.05) is 0 Å². The van der Waals surface area contributed by atoms with E-state index in [1.54, 1.807) is 30.9 Å². The smallest absolute Gasteiger partial charge is 0.261 e. The lowest BCUT2D eigenvalue weighted by Crippen LogP contribution is -2.09. The molecule has 0 atom stereocenters. The molecule has 0 aliphatic heterocycles. The molecule has 0 bridgehead atoms. The third-order valence-electron chi connectivity index (χ3n) is 3.83. The van der Waals surface area contributed by atoms with Gasteiger partial charge in [-0.25, -0.2) is 14.6 Å². The number of rotatable bonds is 2. The molecule has 4 rings (SSSR count). The predicted octanol–water partition coefficient (Wildman–Crippen LogP) is 4.25. The fourth-order valence-corrected chi connectivity index (χ4v) is 2.84. The van der Waals surface area contributed by atoms with Crippen LogP contribution in [0, 0.1) is 6.92 Å². The molecule has 0 saturated carbocycles. The summed E-state index contributed by atoms with van der Waals surface area (Å²) in [6.07, 6.45) is 1.77. The minimum Gasteiger partial charge on any atom is -0.261 e. The normalized spacial score (nSPS) is 11.9. The first-order chi connectivity index (χ1) is 12.8. The van der Waals surface area contributed by atoms with Gasteiger partial charge >= 0.3 is 6.18 Å². The monoisotopic (exact) mass is 390 g/mol. The minimum atomic E-state index is -4.57. The lowest BCUT2D eigenvalue weighted by Gasteiger charge is -2.10. The molecule has 4 aromatic rings. The number of aromatic nitrogens is 6. The van der Waals surface area contributed by atoms with Gasteiger partial charge in [0.25, 0.3) is 0 Å². The number of hydrogen-bond acceptors (Lipinski definition) is 5. The van der Waals surface area contributed by atoms with E-state index in [1.807, 2.05) is 6.92 Å². The zero-order valence-electron chi connectivity index (χ0n) is 13.7. The van der Waals surface area contributed by atoms with Crippen LogP contribution in [-0.4, -0.2) is 29.7 Å². The number of nitrogens with zero attached hydrogens (tertiary/aromatic N) is 6. The predicted molar refractivity (Wildman–Crippen MR) is 92.4 cm³/mol. The van der Waals surface area contributed by atoms with Crippen molar-refractivity contribution in [1.29, 1.82) is 0 Å². The minimum absolute atomic E-state index is 0.162. The number of alkyl halides is 3. The van der Waals surface area contributed by atoms with E-state index < -0.39 is 16.9 Å². The molecule has 0 saturated heterocycles. The number of fused-ring (bicyclic) bond motifs is 1. The number of aryl methyl sites for hydroxylation is 1. The maximum atomic E-state index is 12.9. The fraction of sp³-hybridized carbons (Fsp3) is 0.118. The summed E-state index contributed by atoms with van der Waals surface area (Å²) < 4.78 is 40.0. The van der Waals surface area contributed by atoms with Crippen LogP contribution in [0.3, 0.4) is 0 Å². The average molecular weight is 391 g/mol. The van der Waals surface area contributed by atoms with E-state index in [4.69, 9.17) is 11.6 Å². The van der Waals surface area contributed by atoms with E-state index in [9.17, 15) is 13.2 Å². The van der Waals surface area contributed by atoms with E-state index in [0.717, 1.165) is 11.8 Å².